The summed E-state index contributed by atoms with van der Waals surface area (Å²) in [5.74, 6) is -0.0950. The maximum atomic E-state index is 10.7. The monoisotopic (exact) mass is 191 g/mol. The molecule has 0 bridgehead atoms. The normalized spacial score (nSPS) is 9.57. The van der Waals surface area contributed by atoms with Crippen LogP contribution in [-0.4, -0.2) is 12.2 Å². The Labute approximate surface area is 83.1 Å². The lowest BCUT2D eigenvalue weighted by Crippen LogP contribution is -2.19. The minimum atomic E-state index is -0.0950. The molecule has 1 amide bonds. The first-order chi connectivity index (χ1) is 6.63. The molecule has 0 saturated carbocycles. The number of nitrogens with one attached hydrogen (secondary N) is 1. The van der Waals surface area contributed by atoms with Gasteiger partial charge in [-0.2, -0.15) is 0 Å². The number of hydrogen-bond donors (Lipinski definition) is 1. The maximum Gasteiger partial charge on any atom is 0.217 e. The summed E-state index contributed by atoms with van der Waals surface area (Å²) in [5, 5.41) is 2.66. The van der Waals surface area contributed by atoms with Crippen LogP contribution in [0, 0.1) is 6.92 Å². The maximum absolute atomic E-state index is 10.7. The highest BCUT2D eigenvalue weighted by molar-refractivity contribution is 5.78. The van der Waals surface area contributed by atoms with Crippen LogP contribution in [0.25, 0.3) is 0 Å². The van der Waals surface area contributed by atoms with Crippen molar-refractivity contribution >= 4 is 12.2 Å². The van der Waals surface area contributed by atoms with Crippen LogP contribution in [0.5, 0.6) is 0 Å². The summed E-state index contributed by atoms with van der Waals surface area (Å²) in [6.07, 6.45) is 0.810. The van der Waals surface area contributed by atoms with Gasteiger partial charge in [0, 0.05) is 19.0 Å². The highest BCUT2D eigenvalue weighted by Gasteiger charge is 2.01. The van der Waals surface area contributed by atoms with E-state index < -0.39 is 0 Å². The van der Waals surface area contributed by atoms with Crippen LogP contribution >= 0.6 is 0 Å². The first kappa shape index (κ1) is 10.4. The van der Waals surface area contributed by atoms with E-state index in [0.29, 0.717) is 12.1 Å². The van der Waals surface area contributed by atoms with E-state index in [-0.39, 0.29) is 5.91 Å². The Hall–Kier alpha value is -1.64. The Morgan fingerprint density at radius 1 is 1.50 bits per heavy atom. The molecule has 3 heteroatoms. The number of rotatable bonds is 3. The van der Waals surface area contributed by atoms with Gasteiger partial charge in [0.25, 0.3) is 0 Å². The highest BCUT2D eigenvalue weighted by atomic mass is 16.1. The van der Waals surface area contributed by atoms with Crippen LogP contribution < -0.4 is 5.32 Å². The summed E-state index contributed by atoms with van der Waals surface area (Å²) in [7, 11) is 0. The van der Waals surface area contributed by atoms with Gasteiger partial charge in [-0.25, -0.2) is 0 Å². The number of aryl methyl sites for hydroxylation is 1. The van der Waals surface area contributed by atoms with Crippen molar-refractivity contribution in [3.05, 3.63) is 34.9 Å². The molecule has 1 N–H and O–H groups in total. The van der Waals surface area contributed by atoms with Gasteiger partial charge in [-0.1, -0.05) is 17.7 Å². The van der Waals surface area contributed by atoms with E-state index in [1.54, 1.807) is 0 Å². The van der Waals surface area contributed by atoms with Gasteiger partial charge >= 0.3 is 0 Å². The molecule has 0 fully saturated rings. The van der Waals surface area contributed by atoms with E-state index in [4.69, 9.17) is 0 Å². The molecule has 0 aromatic heterocycles. The molecule has 1 aromatic rings. The second-order valence-corrected chi connectivity index (χ2v) is 3.23. The fourth-order valence-corrected chi connectivity index (χ4v) is 1.20. The standard InChI is InChI=1S/C11H13NO2/c1-8-3-4-10(6-12-9(2)14)11(5-8)7-13/h3-5,7H,6H2,1-2H3,(H,12,14). The van der Waals surface area contributed by atoms with Crippen molar-refractivity contribution in [3.63, 3.8) is 0 Å². The summed E-state index contributed by atoms with van der Waals surface area (Å²) in [5.41, 5.74) is 2.53. The molecule has 0 heterocycles. The third-order valence-electron chi connectivity index (χ3n) is 1.96. The SMILES string of the molecule is CC(=O)NCc1ccc(C)cc1C=O. The predicted octanol–water partition coefficient (Wildman–Crippen LogP) is 1.44. The molecule has 3 nitrogen and oxygen atoms in total. The smallest absolute Gasteiger partial charge is 0.217 e. The molecular formula is C11H13NO2. The van der Waals surface area contributed by atoms with Gasteiger partial charge in [0.05, 0.1) is 0 Å². The fraction of sp³-hybridized carbons (Fsp3) is 0.273. The molecule has 0 radical (unpaired) electrons. The van der Waals surface area contributed by atoms with Gasteiger partial charge in [0.2, 0.25) is 5.91 Å². The molecule has 0 atom stereocenters. The second kappa shape index (κ2) is 4.56. The van der Waals surface area contributed by atoms with Gasteiger partial charge in [-0.15, -0.1) is 0 Å². The van der Waals surface area contributed by atoms with E-state index >= 15 is 0 Å². The third-order valence-corrected chi connectivity index (χ3v) is 1.96. The zero-order valence-corrected chi connectivity index (χ0v) is 8.33. The zero-order chi connectivity index (χ0) is 10.6. The first-order valence-electron chi connectivity index (χ1n) is 4.42. The third kappa shape index (κ3) is 2.69. The molecule has 0 spiro atoms. The Morgan fingerprint density at radius 3 is 2.79 bits per heavy atom. The number of aldehydes is 1. The fourth-order valence-electron chi connectivity index (χ4n) is 1.20. The number of benzene rings is 1. The Bertz CT molecular complexity index is 358. The van der Waals surface area contributed by atoms with Gasteiger partial charge in [0.1, 0.15) is 6.29 Å². The molecular weight excluding hydrogens is 178 g/mol. The minimum Gasteiger partial charge on any atom is -0.352 e. The van der Waals surface area contributed by atoms with Crippen LogP contribution in [0.15, 0.2) is 18.2 Å². The van der Waals surface area contributed by atoms with E-state index in [1.165, 1.54) is 6.92 Å². The van der Waals surface area contributed by atoms with Crippen molar-refractivity contribution in [1.82, 2.24) is 5.32 Å². The minimum absolute atomic E-state index is 0.0950. The average molecular weight is 191 g/mol. The number of carbonyl (C=O) groups excluding carboxylic acids is 2. The molecule has 0 aliphatic carbocycles. The summed E-state index contributed by atoms with van der Waals surface area (Å²) in [6, 6.07) is 5.59. The first-order valence-corrected chi connectivity index (χ1v) is 4.42. The molecule has 0 aliphatic heterocycles. The molecule has 0 saturated heterocycles. The summed E-state index contributed by atoms with van der Waals surface area (Å²) in [6.45, 7) is 3.79. The molecule has 14 heavy (non-hydrogen) atoms. The highest BCUT2D eigenvalue weighted by Crippen LogP contribution is 2.09. The predicted molar refractivity (Wildman–Crippen MR) is 54.1 cm³/mol. The summed E-state index contributed by atoms with van der Waals surface area (Å²) in [4.78, 5) is 21.4. The quantitative estimate of drug-likeness (QED) is 0.735. The van der Waals surface area contributed by atoms with Crippen LogP contribution in [0.4, 0.5) is 0 Å². The Balaban J connectivity index is 2.85. The molecule has 74 valence electrons. The number of hydrogen-bond acceptors (Lipinski definition) is 2. The lowest BCUT2D eigenvalue weighted by molar-refractivity contribution is -0.119. The largest absolute Gasteiger partial charge is 0.352 e. The van der Waals surface area contributed by atoms with Crippen molar-refractivity contribution in [2.24, 2.45) is 0 Å². The molecule has 1 aromatic carbocycles. The van der Waals surface area contributed by atoms with Crippen LogP contribution in [0.2, 0.25) is 0 Å². The van der Waals surface area contributed by atoms with E-state index in [0.717, 1.165) is 17.4 Å². The van der Waals surface area contributed by atoms with Gasteiger partial charge in [-0.05, 0) is 18.6 Å². The molecule has 0 aliphatic rings. The Morgan fingerprint density at radius 2 is 2.21 bits per heavy atom. The van der Waals surface area contributed by atoms with Crippen molar-refractivity contribution < 1.29 is 9.59 Å². The van der Waals surface area contributed by atoms with Crippen LogP contribution in [0.1, 0.15) is 28.4 Å². The zero-order valence-electron chi connectivity index (χ0n) is 8.33. The molecule has 1 rings (SSSR count). The van der Waals surface area contributed by atoms with Crippen LogP contribution in [0.3, 0.4) is 0 Å². The lowest BCUT2D eigenvalue weighted by atomic mass is 10.1. The van der Waals surface area contributed by atoms with E-state index in [9.17, 15) is 9.59 Å². The van der Waals surface area contributed by atoms with Crippen molar-refractivity contribution in [2.45, 2.75) is 20.4 Å². The van der Waals surface area contributed by atoms with Gasteiger partial charge < -0.3 is 5.32 Å². The van der Waals surface area contributed by atoms with Gasteiger partial charge in [-0.3, -0.25) is 9.59 Å². The average Bonchev–Trinajstić information content (AvgIpc) is 2.15. The Kier molecular flexibility index (Phi) is 3.40. The van der Waals surface area contributed by atoms with Crippen molar-refractivity contribution in [3.8, 4) is 0 Å². The van der Waals surface area contributed by atoms with Crippen molar-refractivity contribution in [2.75, 3.05) is 0 Å². The van der Waals surface area contributed by atoms with Crippen LogP contribution in [-0.2, 0) is 11.3 Å². The van der Waals surface area contributed by atoms with E-state index in [1.807, 2.05) is 25.1 Å². The summed E-state index contributed by atoms with van der Waals surface area (Å²) < 4.78 is 0. The van der Waals surface area contributed by atoms with Gasteiger partial charge in [0.15, 0.2) is 0 Å². The van der Waals surface area contributed by atoms with E-state index in [2.05, 4.69) is 5.32 Å². The van der Waals surface area contributed by atoms with Crippen molar-refractivity contribution in [1.29, 1.82) is 0 Å². The molecule has 0 unspecified atom stereocenters. The topological polar surface area (TPSA) is 46.2 Å². The lowest BCUT2D eigenvalue weighted by Gasteiger charge is -2.06. The number of amides is 1. The second-order valence-electron chi connectivity index (χ2n) is 3.23. The number of carbonyl (C=O) groups is 2. The summed E-state index contributed by atoms with van der Waals surface area (Å²) >= 11 is 0.